The second-order valence-corrected chi connectivity index (χ2v) is 10.3. The maximum atomic E-state index is 10.9. The average Bonchev–Trinajstić information content (AvgIpc) is 2.49. The van der Waals surface area contributed by atoms with E-state index in [1.165, 1.54) is 44.1 Å². The number of thioether (sulfide) groups is 1. The molecule has 25 heavy (non-hydrogen) atoms. The molecule has 0 heterocycles. The molecule has 1 unspecified atom stereocenters. The lowest BCUT2D eigenvalue weighted by Crippen LogP contribution is -2.28. The molecule has 0 spiro atoms. The molecular formula is C23H40OS. The van der Waals surface area contributed by atoms with E-state index >= 15 is 0 Å². The van der Waals surface area contributed by atoms with Gasteiger partial charge in [-0.3, -0.25) is 0 Å². The van der Waals surface area contributed by atoms with Crippen LogP contribution in [0.1, 0.15) is 87.0 Å². The molecule has 1 aliphatic rings. The minimum Gasteiger partial charge on any atom is -0.384 e. The van der Waals surface area contributed by atoms with Crippen molar-refractivity contribution >= 4 is 11.8 Å². The van der Waals surface area contributed by atoms with Gasteiger partial charge >= 0.3 is 0 Å². The standard InChI is InChI=1S/C23H40OS/c1-8-9-10-11-12-13-14-25-17-18-15-19(22(2,3)4)16-20(21(18)24)23(5,6)7/h15-17,21,24H,8-14H2,1-7H3. The number of aliphatic hydroxyl groups is 1. The Morgan fingerprint density at radius 3 is 2.08 bits per heavy atom. The molecule has 0 saturated carbocycles. The monoisotopic (exact) mass is 364 g/mol. The molecule has 0 saturated heterocycles. The van der Waals surface area contributed by atoms with E-state index in [4.69, 9.17) is 0 Å². The summed E-state index contributed by atoms with van der Waals surface area (Å²) in [5.74, 6) is 1.15. The first-order chi connectivity index (χ1) is 11.6. The summed E-state index contributed by atoms with van der Waals surface area (Å²) in [6, 6.07) is 0. The lowest BCUT2D eigenvalue weighted by Gasteiger charge is -2.34. The van der Waals surface area contributed by atoms with Crippen LogP contribution >= 0.6 is 11.8 Å². The third kappa shape index (κ3) is 7.74. The Morgan fingerprint density at radius 1 is 0.920 bits per heavy atom. The van der Waals surface area contributed by atoms with Crippen molar-refractivity contribution in [2.45, 2.75) is 93.1 Å². The Bertz CT molecular complexity index is 497. The van der Waals surface area contributed by atoms with Crippen LogP contribution in [0.2, 0.25) is 0 Å². The van der Waals surface area contributed by atoms with Gasteiger partial charge in [0.05, 0.1) is 0 Å². The highest BCUT2D eigenvalue weighted by atomic mass is 32.2. The Kier molecular flexibility index (Phi) is 9.04. The normalized spacial score (nSPS) is 20.6. The molecule has 1 N–H and O–H groups in total. The number of unbranched alkanes of at least 4 members (excludes halogenated alkanes) is 5. The number of allylic oxidation sites excluding steroid dienone is 2. The van der Waals surface area contributed by atoms with E-state index in [2.05, 4.69) is 66.0 Å². The minimum absolute atomic E-state index is 0.0206. The van der Waals surface area contributed by atoms with Crippen LogP contribution in [-0.4, -0.2) is 17.0 Å². The van der Waals surface area contributed by atoms with E-state index in [1.54, 1.807) is 0 Å². The van der Waals surface area contributed by atoms with E-state index < -0.39 is 6.10 Å². The fourth-order valence-electron chi connectivity index (χ4n) is 3.01. The summed E-state index contributed by atoms with van der Waals surface area (Å²) in [5.41, 5.74) is 3.58. The molecule has 0 aromatic rings. The summed E-state index contributed by atoms with van der Waals surface area (Å²) in [7, 11) is 0. The first kappa shape index (κ1) is 22.6. The van der Waals surface area contributed by atoms with Crippen molar-refractivity contribution < 1.29 is 5.11 Å². The molecule has 0 fully saturated rings. The van der Waals surface area contributed by atoms with Crippen molar-refractivity contribution in [3.8, 4) is 0 Å². The zero-order valence-electron chi connectivity index (χ0n) is 17.6. The van der Waals surface area contributed by atoms with Crippen molar-refractivity contribution in [2.75, 3.05) is 5.75 Å². The van der Waals surface area contributed by atoms with Crippen LogP contribution in [0.5, 0.6) is 0 Å². The zero-order chi connectivity index (χ0) is 19.1. The molecule has 0 amide bonds. The van der Waals surface area contributed by atoms with Crippen LogP contribution in [-0.2, 0) is 0 Å². The lowest BCUT2D eigenvalue weighted by atomic mass is 9.73. The summed E-state index contributed by atoms with van der Waals surface area (Å²) < 4.78 is 0. The van der Waals surface area contributed by atoms with Crippen LogP contribution in [0.4, 0.5) is 0 Å². The average molecular weight is 365 g/mol. The van der Waals surface area contributed by atoms with E-state index in [-0.39, 0.29) is 10.8 Å². The highest BCUT2D eigenvalue weighted by Crippen LogP contribution is 2.40. The van der Waals surface area contributed by atoms with Gasteiger partial charge in [0.2, 0.25) is 0 Å². The minimum atomic E-state index is -0.469. The highest BCUT2D eigenvalue weighted by molar-refractivity contribution is 8.02. The molecule has 1 atom stereocenters. The summed E-state index contributed by atoms with van der Waals surface area (Å²) in [6.07, 6.45) is 12.0. The Morgan fingerprint density at radius 2 is 1.52 bits per heavy atom. The topological polar surface area (TPSA) is 20.2 Å². The number of aliphatic hydroxyl groups excluding tert-OH is 1. The predicted octanol–water partition coefficient (Wildman–Crippen LogP) is 7.28. The summed E-state index contributed by atoms with van der Waals surface area (Å²) in [4.78, 5) is 0. The molecule has 0 bridgehead atoms. The zero-order valence-corrected chi connectivity index (χ0v) is 18.4. The maximum absolute atomic E-state index is 10.9. The highest BCUT2D eigenvalue weighted by Gasteiger charge is 2.31. The molecule has 1 rings (SSSR count). The molecule has 1 nitrogen and oxygen atoms in total. The van der Waals surface area contributed by atoms with Crippen molar-refractivity contribution in [1.29, 1.82) is 0 Å². The molecule has 0 aromatic heterocycles. The van der Waals surface area contributed by atoms with Gasteiger partial charge in [0.1, 0.15) is 6.10 Å². The summed E-state index contributed by atoms with van der Waals surface area (Å²) in [5, 5.41) is 13.0. The Balaban J connectivity index is 2.71. The SMILES string of the molecule is CCCCCCCCSC=C1C=C(C(C)(C)C)C=C(C(C)(C)C)C1O. The van der Waals surface area contributed by atoms with Gasteiger partial charge in [-0.2, -0.15) is 0 Å². The molecule has 0 aliphatic heterocycles. The van der Waals surface area contributed by atoms with Gasteiger partial charge < -0.3 is 5.11 Å². The maximum Gasteiger partial charge on any atom is 0.101 e. The smallest absolute Gasteiger partial charge is 0.101 e. The van der Waals surface area contributed by atoms with Gasteiger partial charge in [-0.1, -0.05) is 92.7 Å². The van der Waals surface area contributed by atoms with Gasteiger partial charge in [-0.15, -0.1) is 11.8 Å². The number of hydrogen-bond acceptors (Lipinski definition) is 2. The van der Waals surface area contributed by atoms with Gasteiger partial charge in [0.25, 0.3) is 0 Å². The molecule has 1 aliphatic carbocycles. The second kappa shape index (κ2) is 10.0. The molecular weight excluding hydrogens is 324 g/mol. The first-order valence-corrected chi connectivity index (χ1v) is 11.1. The van der Waals surface area contributed by atoms with Gasteiger partial charge in [-0.25, -0.2) is 0 Å². The van der Waals surface area contributed by atoms with Crippen molar-refractivity contribution in [2.24, 2.45) is 10.8 Å². The van der Waals surface area contributed by atoms with Crippen LogP contribution in [0.15, 0.2) is 34.3 Å². The predicted molar refractivity (Wildman–Crippen MR) is 115 cm³/mol. The lowest BCUT2D eigenvalue weighted by molar-refractivity contribution is 0.219. The Labute approximate surface area is 161 Å². The van der Waals surface area contributed by atoms with Gasteiger partial charge in [-0.05, 0) is 45.1 Å². The van der Waals surface area contributed by atoms with Crippen LogP contribution in [0.3, 0.4) is 0 Å². The molecule has 0 aromatic carbocycles. The van der Waals surface area contributed by atoms with Gasteiger partial charge in [0.15, 0.2) is 0 Å². The number of hydrogen-bond donors (Lipinski definition) is 1. The van der Waals surface area contributed by atoms with E-state index in [0.29, 0.717) is 0 Å². The van der Waals surface area contributed by atoms with E-state index in [1.807, 2.05) is 11.8 Å². The fraction of sp³-hybridized carbons (Fsp3) is 0.739. The molecule has 2 heteroatoms. The third-order valence-electron chi connectivity index (χ3n) is 4.81. The summed E-state index contributed by atoms with van der Waals surface area (Å²) in [6.45, 7) is 15.6. The van der Waals surface area contributed by atoms with Crippen molar-refractivity contribution in [3.63, 3.8) is 0 Å². The summed E-state index contributed by atoms with van der Waals surface area (Å²) >= 11 is 1.86. The van der Waals surface area contributed by atoms with Crippen molar-refractivity contribution in [1.82, 2.24) is 0 Å². The third-order valence-corrected chi connectivity index (χ3v) is 5.77. The largest absolute Gasteiger partial charge is 0.384 e. The van der Waals surface area contributed by atoms with Gasteiger partial charge in [0, 0.05) is 0 Å². The Hall–Kier alpha value is -0.470. The molecule has 0 radical (unpaired) electrons. The number of rotatable bonds is 8. The fourth-order valence-corrected chi connectivity index (χ4v) is 3.88. The first-order valence-electron chi connectivity index (χ1n) is 10.0. The van der Waals surface area contributed by atoms with E-state index in [0.717, 1.165) is 16.9 Å². The van der Waals surface area contributed by atoms with Crippen LogP contribution < -0.4 is 0 Å². The van der Waals surface area contributed by atoms with Crippen molar-refractivity contribution in [3.05, 3.63) is 34.3 Å². The molecule has 144 valence electrons. The quantitative estimate of drug-likeness (QED) is 0.456. The van der Waals surface area contributed by atoms with Crippen LogP contribution in [0.25, 0.3) is 0 Å². The van der Waals surface area contributed by atoms with E-state index in [9.17, 15) is 5.11 Å². The van der Waals surface area contributed by atoms with Crippen LogP contribution in [0, 0.1) is 10.8 Å². The second-order valence-electron chi connectivity index (χ2n) is 9.36.